The Morgan fingerprint density at radius 1 is 1.44 bits per heavy atom. The van der Waals surface area contributed by atoms with Crippen LogP contribution in [0.3, 0.4) is 0 Å². The second-order valence-corrected chi connectivity index (χ2v) is 5.91. The molecule has 0 bridgehead atoms. The van der Waals surface area contributed by atoms with Crippen molar-refractivity contribution in [2.45, 2.75) is 45.2 Å². The lowest BCUT2D eigenvalue weighted by Gasteiger charge is -2.28. The van der Waals surface area contributed by atoms with Crippen LogP contribution in [0, 0.1) is 0 Å². The summed E-state index contributed by atoms with van der Waals surface area (Å²) in [5.41, 5.74) is 7.08. The van der Waals surface area contributed by atoms with Gasteiger partial charge in [-0.05, 0) is 19.8 Å². The highest BCUT2D eigenvalue weighted by Gasteiger charge is 2.23. The number of aromatic nitrogens is 2. The summed E-state index contributed by atoms with van der Waals surface area (Å²) in [6.45, 7) is 3.97. The molecule has 1 aliphatic heterocycles. The second-order valence-electron chi connectivity index (χ2n) is 5.03. The van der Waals surface area contributed by atoms with E-state index in [1.54, 1.807) is 11.3 Å². The summed E-state index contributed by atoms with van der Waals surface area (Å²) < 4.78 is 2.14. The lowest BCUT2D eigenvalue weighted by molar-refractivity contribution is 0.610. The number of anilines is 1. The average molecular weight is 264 g/mol. The van der Waals surface area contributed by atoms with Crippen LogP contribution < -0.4 is 10.6 Å². The predicted molar refractivity (Wildman–Crippen MR) is 76.2 cm³/mol. The van der Waals surface area contributed by atoms with Gasteiger partial charge in [-0.15, -0.1) is 11.3 Å². The van der Waals surface area contributed by atoms with E-state index in [-0.39, 0.29) is 0 Å². The van der Waals surface area contributed by atoms with E-state index in [1.165, 1.54) is 25.7 Å². The van der Waals surface area contributed by atoms with E-state index >= 15 is 0 Å². The molecule has 0 aliphatic carbocycles. The Hall–Kier alpha value is -1.07. The molecule has 98 valence electrons. The van der Waals surface area contributed by atoms with Gasteiger partial charge >= 0.3 is 0 Å². The molecule has 3 heterocycles. The summed E-state index contributed by atoms with van der Waals surface area (Å²) in [6.07, 6.45) is 7.26. The van der Waals surface area contributed by atoms with Crippen LogP contribution in [0.5, 0.6) is 0 Å². The number of hydrogen-bond acceptors (Lipinski definition) is 4. The lowest BCUT2D eigenvalue weighted by Crippen LogP contribution is -2.33. The third-order valence-electron chi connectivity index (χ3n) is 3.86. The second kappa shape index (κ2) is 4.90. The van der Waals surface area contributed by atoms with Crippen LogP contribution in [0.2, 0.25) is 0 Å². The van der Waals surface area contributed by atoms with Crippen molar-refractivity contribution in [1.29, 1.82) is 0 Å². The maximum absolute atomic E-state index is 5.93. The van der Waals surface area contributed by atoms with E-state index in [0.717, 1.165) is 23.0 Å². The van der Waals surface area contributed by atoms with Crippen LogP contribution in [-0.2, 0) is 6.54 Å². The molecule has 2 N–H and O–H groups in total. The first-order valence-electron chi connectivity index (χ1n) is 6.72. The molecule has 0 radical (unpaired) electrons. The van der Waals surface area contributed by atoms with Crippen LogP contribution >= 0.6 is 11.3 Å². The molecule has 1 unspecified atom stereocenters. The summed E-state index contributed by atoms with van der Waals surface area (Å²) in [6, 6.07) is 0.572. The number of fused-ring (bicyclic) bond motifs is 1. The van der Waals surface area contributed by atoms with Crippen molar-refractivity contribution in [2.75, 3.05) is 11.4 Å². The van der Waals surface area contributed by atoms with Gasteiger partial charge in [0, 0.05) is 30.7 Å². The number of thiazole rings is 1. The maximum atomic E-state index is 5.93. The molecule has 0 spiro atoms. The molecule has 1 aliphatic rings. The predicted octanol–water partition coefficient (Wildman–Crippen LogP) is 2.62. The summed E-state index contributed by atoms with van der Waals surface area (Å²) >= 11 is 1.68. The van der Waals surface area contributed by atoms with Crippen molar-refractivity contribution in [2.24, 2.45) is 5.73 Å². The number of hydrogen-bond donors (Lipinski definition) is 1. The van der Waals surface area contributed by atoms with Crippen molar-refractivity contribution in [3.05, 3.63) is 17.3 Å². The molecule has 1 saturated heterocycles. The third kappa shape index (κ3) is 1.91. The van der Waals surface area contributed by atoms with Gasteiger partial charge in [-0.25, -0.2) is 4.98 Å². The molecular weight excluding hydrogens is 244 g/mol. The zero-order valence-corrected chi connectivity index (χ0v) is 11.6. The summed E-state index contributed by atoms with van der Waals surface area (Å²) in [4.78, 5) is 8.30. The first kappa shape index (κ1) is 12.0. The molecule has 0 saturated carbocycles. The standard InChI is InChI=1S/C13H20N4S/c1-10-5-3-2-4-6-16(10)12-11(9-14)17-7-8-18-13(17)15-12/h7-8,10H,2-6,9,14H2,1H3. The van der Waals surface area contributed by atoms with E-state index in [4.69, 9.17) is 10.7 Å². The van der Waals surface area contributed by atoms with Gasteiger partial charge in [0.15, 0.2) is 10.8 Å². The highest BCUT2D eigenvalue weighted by Crippen LogP contribution is 2.29. The van der Waals surface area contributed by atoms with Gasteiger partial charge in [-0.3, -0.25) is 4.40 Å². The van der Waals surface area contributed by atoms with Gasteiger partial charge in [0.05, 0.1) is 5.69 Å². The fourth-order valence-electron chi connectivity index (χ4n) is 2.83. The Morgan fingerprint density at radius 2 is 2.33 bits per heavy atom. The average Bonchev–Trinajstić information content (AvgIpc) is 2.86. The van der Waals surface area contributed by atoms with Gasteiger partial charge in [0.2, 0.25) is 0 Å². The summed E-state index contributed by atoms with van der Waals surface area (Å²) in [5, 5.41) is 2.07. The topological polar surface area (TPSA) is 46.6 Å². The SMILES string of the molecule is CC1CCCCCN1c1nc2sccn2c1CN. The van der Waals surface area contributed by atoms with Crippen LogP contribution in [0.25, 0.3) is 4.96 Å². The molecule has 0 amide bonds. The first-order valence-corrected chi connectivity index (χ1v) is 7.60. The van der Waals surface area contributed by atoms with Gasteiger partial charge in [-0.2, -0.15) is 0 Å². The Morgan fingerprint density at radius 3 is 3.17 bits per heavy atom. The molecule has 4 nitrogen and oxygen atoms in total. The summed E-state index contributed by atoms with van der Waals surface area (Å²) in [7, 11) is 0. The minimum Gasteiger partial charge on any atom is -0.352 e. The zero-order chi connectivity index (χ0) is 12.5. The van der Waals surface area contributed by atoms with Gasteiger partial charge < -0.3 is 10.6 Å². The molecule has 0 aromatic carbocycles. The smallest absolute Gasteiger partial charge is 0.195 e. The van der Waals surface area contributed by atoms with Crippen molar-refractivity contribution in [3.63, 3.8) is 0 Å². The maximum Gasteiger partial charge on any atom is 0.195 e. The van der Waals surface area contributed by atoms with E-state index in [0.29, 0.717) is 12.6 Å². The normalized spacial score (nSPS) is 21.4. The van der Waals surface area contributed by atoms with E-state index in [9.17, 15) is 0 Å². The van der Waals surface area contributed by atoms with Gasteiger partial charge in [0.1, 0.15) is 0 Å². The van der Waals surface area contributed by atoms with E-state index in [2.05, 4.69) is 27.8 Å². The number of nitrogens with zero attached hydrogens (tertiary/aromatic N) is 3. The Labute approximate surface area is 111 Å². The highest BCUT2D eigenvalue weighted by molar-refractivity contribution is 7.15. The molecule has 1 fully saturated rings. The molecule has 5 heteroatoms. The van der Waals surface area contributed by atoms with E-state index < -0.39 is 0 Å². The van der Waals surface area contributed by atoms with Crippen LogP contribution in [-0.4, -0.2) is 22.0 Å². The van der Waals surface area contributed by atoms with Crippen molar-refractivity contribution >= 4 is 22.1 Å². The summed E-state index contributed by atoms with van der Waals surface area (Å²) in [5.74, 6) is 1.11. The molecule has 18 heavy (non-hydrogen) atoms. The Balaban J connectivity index is 2.03. The van der Waals surface area contributed by atoms with Crippen LogP contribution in [0.15, 0.2) is 11.6 Å². The van der Waals surface area contributed by atoms with E-state index in [1.807, 2.05) is 0 Å². The zero-order valence-electron chi connectivity index (χ0n) is 10.8. The molecule has 2 aromatic heterocycles. The van der Waals surface area contributed by atoms with Gasteiger partial charge in [0.25, 0.3) is 0 Å². The van der Waals surface area contributed by atoms with Crippen molar-refractivity contribution < 1.29 is 0 Å². The van der Waals surface area contributed by atoms with Crippen molar-refractivity contribution in [3.8, 4) is 0 Å². The first-order chi connectivity index (χ1) is 8.81. The molecule has 2 aromatic rings. The quantitative estimate of drug-likeness (QED) is 0.907. The molecule has 1 atom stereocenters. The molecule has 3 rings (SSSR count). The Kier molecular flexibility index (Phi) is 3.26. The number of nitrogens with two attached hydrogens (primary N) is 1. The Bertz CT molecular complexity index is 530. The van der Waals surface area contributed by atoms with Crippen molar-refractivity contribution in [1.82, 2.24) is 9.38 Å². The largest absolute Gasteiger partial charge is 0.352 e. The number of rotatable bonds is 2. The minimum absolute atomic E-state index is 0.552. The third-order valence-corrected chi connectivity index (χ3v) is 4.61. The fraction of sp³-hybridized carbons (Fsp3) is 0.615. The minimum atomic E-state index is 0.552. The lowest BCUT2D eigenvalue weighted by atomic mass is 10.1. The monoisotopic (exact) mass is 264 g/mol. The van der Waals surface area contributed by atoms with Gasteiger partial charge in [-0.1, -0.05) is 12.8 Å². The highest BCUT2D eigenvalue weighted by atomic mass is 32.1. The van der Waals surface area contributed by atoms with Crippen LogP contribution in [0.1, 0.15) is 38.3 Å². The van der Waals surface area contributed by atoms with Crippen LogP contribution in [0.4, 0.5) is 5.82 Å². The fourth-order valence-corrected chi connectivity index (χ4v) is 3.56. The molecular formula is C13H20N4S. The number of imidazole rings is 1.